The number of H-pyrrole nitrogens is 1. The van der Waals surface area contributed by atoms with Crippen LogP contribution in [0.25, 0.3) is 33.3 Å². The van der Waals surface area contributed by atoms with Crippen molar-refractivity contribution in [1.82, 2.24) is 19.9 Å². The number of carbonyl (C=O) groups is 2. The number of furan rings is 1. The molecule has 2 bridgehead atoms. The van der Waals surface area contributed by atoms with Crippen molar-refractivity contribution in [3.63, 3.8) is 0 Å². The van der Waals surface area contributed by atoms with Crippen molar-refractivity contribution in [3.05, 3.63) is 72.3 Å². The minimum Gasteiger partial charge on any atom is -0.508 e. The summed E-state index contributed by atoms with van der Waals surface area (Å²) >= 11 is 0. The summed E-state index contributed by atoms with van der Waals surface area (Å²) in [7, 11) is 0. The van der Waals surface area contributed by atoms with E-state index in [4.69, 9.17) is 9.40 Å². The van der Waals surface area contributed by atoms with Gasteiger partial charge in [0.1, 0.15) is 23.9 Å². The molecule has 0 radical (unpaired) electrons. The van der Waals surface area contributed by atoms with Gasteiger partial charge in [-0.25, -0.2) is 9.78 Å². The third-order valence-corrected chi connectivity index (χ3v) is 8.54. The number of carbonyl (C=O) groups excluding carboxylic acids is 1. The number of aromatic hydroxyl groups is 1. The summed E-state index contributed by atoms with van der Waals surface area (Å²) in [5.74, 6) is 0.692. The lowest BCUT2D eigenvalue weighted by Gasteiger charge is -2.25. The molecule has 198 valence electrons. The molecule has 3 unspecified atom stereocenters. The molecule has 9 nitrogen and oxygen atoms in total. The summed E-state index contributed by atoms with van der Waals surface area (Å²) < 4.78 is 7.68. The number of carboxylic acids is 1. The fourth-order valence-corrected chi connectivity index (χ4v) is 6.70. The largest absolute Gasteiger partial charge is 0.508 e. The van der Waals surface area contributed by atoms with Crippen molar-refractivity contribution >= 4 is 33.8 Å². The van der Waals surface area contributed by atoms with E-state index >= 15 is 0 Å². The lowest BCUT2D eigenvalue weighted by Crippen LogP contribution is -2.42. The SMILES string of the molecule is O=C(N[C@@H](Cc1c[nH]c2ccc(O)cc12)C(=O)O)c1ccc2c(c1)nc(-c1ccoc1)n2C1CC2CCC1C2. The number of phenolic OH excluding ortho intramolecular Hbond substituents is 1. The van der Waals surface area contributed by atoms with E-state index in [1.165, 1.54) is 19.3 Å². The van der Waals surface area contributed by atoms with Crippen molar-refractivity contribution in [3.8, 4) is 17.1 Å². The molecule has 2 saturated carbocycles. The number of benzene rings is 2. The average molecular weight is 525 g/mol. The van der Waals surface area contributed by atoms with Crippen LogP contribution in [0.1, 0.15) is 47.6 Å². The van der Waals surface area contributed by atoms with Gasteiger partial charge in [0.25, 0.3) is 5.91 Å². The average Bonchev–Trinajstić information content (AvgIpc) is 3.75. The van der Waals surface area contributed by atoms with Gasteiger partial charge in [0.2, 0.25) is 0 Å². The molecule has 2 aliphatic rings. The zero-order chi connectivity index (χ0) is 26.7. The van der Waals surface area contributed by atoms with Crippen molar-refractivity contribution in [2.45, 2.75) is 44.2 Å². The van der Waals surface area contributed by atoms with E-state index in [1.807, 2.05) is 12.1 Å². The summed E-state index contributed by atoms with van der Waals surface area (Å²) in [4.78, 5) is 33.4. The van der Waals surface area contributed by atoms with Gasteiger partial charge in [0.15, 0.2) is 0 Å². The number of carboxylic acid groups (broad SMARTS) is 1. The molecule has 2 fully saturated rings. The number of nitrogens with one attached hydrogen (secondary N) is 2. The predicted molar refractivity (Wildman–Crippen MR) is 144 cm³/mol. The van der Waals surface area contributed by atoms with Gasteiger partial charge in [-0.3, -0.25) is 4.79 Å². The smallest absolute Gasteiger partial charge is 0.326 e. The quantitative estimate of drug-likeness (QED) is 0.229. The van der Waals surface area contributed by atoms with Gasteiger partial charge in [-0.2, -0.15) is 0 Å². The molecular formula is C30H28N4O5. The molecule has 1 amide bonds. The molecule has 0 spiro atoms. The number of aromatic amines is 1. The van der Waals surface area contributed by atoms with Crippen LogP contribution in [0, 0.1) is 11.8 Å². The summed E-state index contributed by atoms with van der Waals surface area (Å²) in [6, 6.07) is 11.4. The van der Waals surface area contributed by atoms with Crippen molar-refractivity contribution in [2.24, 2.45) is 11.8 Å². The van der Waals surface area contributed by atoms with E-state index in [-0.39, 0.29) is 12.2 Å². The first-order chi connectivity index (χ1) is 18.9. The van der Waals surface area contributed by atoms with Crippen LogP contribution in [-0.4, -0.2) is 42.7 Å². The molecule has 2 aliphatic carbocycles. The number of hydrogen-bond donors (Lipinski definition) is 4. The molecule has 2 aromatic carbocycles. The van der Waals surface area contributed by atoms with Crippen molar-refractivity contribution < 1.29 is 24.2 Å². The van der Waals surface area contributed by atoms with E-state index in [0.29, 0.717) is 28.6 Å². The summed E-state index contributed by atoms with van der Waals surface area (Å²) in [5.41, 5.74) is 4.38. The highest BCUT2D eigenvalue weighted by Gasteiger charge is 2.42. The Balaban J connectivity index is 1.19. The molecular weight excluding hydrogens is 496 g/mol. The first kappa shape index (κ1) is 23.6. The highest BCUT2D eigenvalue weighted by atomic mass is 16.4. The van der Waals surface area contributed by atoms with Crippen LogP contribution in [0.15, 0.2) is 65.6 Å². The Morgan fingerprint density at radius 3 is 2.79 bits per heavy atom. The monoisotopic (exact) mass is 524 g/mol. The molecule has 3 aromatic heterocycles. The standard InChI is InChI=1S/C30H28N4O5/c35-21-4-5-23-22(13-21)20(14-31-23)12-25(30(37)38)33-29(36)18-3-6-26-24(11-18)32-28(19-7-8-39-15-19)34(26)27-10-16-1-2-17(27)9-16/h3-8,11,13-17,25,27,31,35H,1-2,9-10,12H2,(H,33,36)(H,37,38)/t16?,17?,25-,27?/m0/s1. The molecule has 5 aromatic rings. The van der Waals surface area contributed by atoms with E-state index in [9.17, 15) is 19.8 Å². The Bertz CT molecular complexity index is 1720. The first-order valence-corrected chi connectivity index (χ1v) is 13.3. The van der Waals surface area contributed by atoms with E-state index in [2.05, 4.69) is 14.9 Å². The van der Waals surface area contributed by atoms with Crippen LogP contribution >= 0.6 is 0 Å². The van der Waals surface area contributed by atoms with Crippen LogP contribution in [0.5, 0.6) is 5.75 Å². The Labute approximate surface area is 223 Å². The Kier molecular flexibility index (Phi) is 5.47. The van der Waals surface area contributed by atoms with E-state index in [1.54, 1.807) is 49.1 Å². The van der Waals surface area contributed by atoms with Crippen molar-refractivity contribution in [2.75, 3.05) is 0 Å². The number of amides is 1. The van der Waals surface area contributed by atoms with Gasteiger partial charge < -0.3 is 29.5 Å². The van der Waals surface area contributed by atoms with Gasteiger partial charge in [0.05, 0.1) is 22.9 Å². The molecule has 3 heterocycles. The van der Waals surface area contributed by atoms with Gasteiger partial charge in [-0.05, 0) is 79.1 Å². The molecule has 9 heteroatoms. The Hall–Kier alpha value is -4.53. The van der Waals surface area contributed by atoms with Crippen LogP contribution in [0.4, 0.5) is 0 Å². The molecule has 0 saturated heterocycles. The third-order valence-electron chi connectivity index (χ3n) is 8.54. The zero-order valence-electron chi connectivity index (χ0n) is 21.1. The fourth-order valence-electron chi connectivity index (χ4n) is 6.70. The number of aromatic nitrogens is 3. The number of fused-ring (bicyclic) bond motifs is 4. The van der Waals surface area contributed by atoms with Crippen molar-refractivity contribution in [1.29, 1.82) is 0 Å². The first-order valence-electron chi connectivity index (χ1n) is 13.3. The molecule has 0 aliphatic heterocycles. The fraction of sp³-hybridized carbons (Fsp3) is 0.300. The lowest BCUT2D eigenvalue weighted by atomic mass is 9.94. The third kappa shape index (κ3) is 4.05. The minimum absolute atomic E-state index is 0.0657. The number of aliphatic carboxylic acids is 1. The van der Waals surface area contributed by atoms with E-state index < -0.39 is 17.9 Å². The number of imidazole rings is 1. The topological polar surface area (TPSA) is 133 Å². The molecule has 39 heavy (non-hydrogen) atoms. The maximum atomic E-state index is 13.3. The predicted octanol–water partition coefficient (Wildman–Crippen LogP) is 5.27. The number of hydrogen-bond acceptors (Lipinski definition) is 5. The van der Waals surface area contributed by atoms with Crippen LogP contribution < -0.4 is 5.32 Å². The summed E-state index contributed by atoms with van der Waals surface area (Å²) in [6.45, 7) is 0. The lowest BCUT2D eigenvalue weighted by molar-refractivity contribution is -0.139. The highest BCUT2D eigenvalue weighted by molar-refractivity contribution is 6.00. The minimum atomic E-state index is -1.15. The highest BCUT2D eigenvalue weighted by Crippen LogP contribution is 2.52. The second kappa shape index (κ2) is 9.04. The van der Waals surface area contributed by atoms with Gasteiger partial charge >= 0.3 is 5.97 Å². The maximum absolute atomic E-state index is 13.3. The Morgan fingerprint density at radius 2 is 2.05 bits per heavy atom. The van der Waals surface area contributed by atoms with E-state index in [0.717, 1.165) is 40.1 Å². The maximum Gasteiger partial charge on any atom is 0.326 e. The molecule has 7 rings (SSSR count). The van der Waals surface area contributed by atoms with Gasteiger partial charge in [-0.1, -0.05) is 6.42 Å². The van der Waals surface area contributed by atoms with Gasteiger partial charge in [-0.15, -0.1) is 0 Å². The second-order valence-corrected chi connectivity index (χ2v) is 10.9. The summed E-state index contributed by atoms with van der Waals surface area (Å²) in [5, 5.41) is 23.1. The van der Waals surface area contributed by atoms with Crippen LogP contribution in [0.3, 0.4) is 0 Å². The van der Waals surface area contributed by atoms with Crippen LogP contribution in [-0.2, 0) is 11.2 Å². The molecule has 4 N–H and O–H groups in total. The normalized spacial score (nSPS) is 21.1. The Morgan fingerprint density at radius 1 is 1.15 bits per heavy atom. The van der Waals surface area contributed by atoms with Gasteiger partial charge in [0, 0.05) is 35.1 Å². The number of rotatable bonds is 7. The number of nitrogens with zero attached hydrogens (tertiary/aromatic N) is 2. The summed E-state index contributed by atoms with van der Waals surface area (Å²) in [6.07, 6.45) is 10.0. The number of phenols is 1. The zero-order valence-corrected chi connectivity index (χ0v) is 21.1. The molecule has 4 atom stereocenters. The second-order valence-electron chi connectivity index (χ2n) is 10.9. The van der Waals surface area contributed by atoms with Crippen LogP contribution in [0.2, 0.25) is 0 Å².